The number of nitrogens with two attached hydrogens (primary N) is 1. The second-order valence-electron chi connectivity index (χ2n) is 4.02. The van der Waals surface area contributed by atoms with Gasteiger partial charge in [-0.2, -0.15) is 0 Å². The van der Waals surface area contributed by atoms with Crippen LogP contribution in [0.4, 0.5) is 0 Å². The number of rotatable bonds is 2. The summed E-state index contributed by atoms with van der Waals surface area (Å²) in [6.45, 7) is 3.89. The summed E-state index contributed by atoms with van der Waals surface area (Å²) in [5, 5.41) is 12.7. The van der Waals surface area contributed by atoms with Crippen molar-refractivity contribution in [2.45, 2.75) is 57.7 Å². The summed E-state index contributed by atoms with van der Waals surface area (Å²) in [6, 6.07) is 0.677. The van der Waals surface area contributed by atoms with E-state index in [-0.39, 0.29) is 12.1 Å². The topological polar surface area (TPSA) is 52.3 Å². The average molecular weight is 171 g/mol. The van der Waals surface area contributed by atoms with Crippen molar-refractivity contribution >= 4 is 0 Å². The molecule has 0 saturated heterocycles. The first kappa shape index (κ1) is 9.96. The molecule has 0 aromatic rings. The zero-order chi connectivity index (χ0) is 9.14. The Morgan fingerprint density at radius 1 is 1.25 bits per heavy atom. The van der Waals surface area contributed by atoms with Crippen LogP contribution in [0.2, 0.25) is 0 Å². The highest BCUT2D eigenvalue weighted by atomic mass is 16.5. The maximum atomic E-state index is 11.5. The Bertz CT molecular complexity index is 130. The standard InChI is InChI=1S/C9H19N2O/c1-7(2)11(12)9-5-3-8(10)4-6-9/h7-9H,3-6,10H2,1-2H3/q-1. The van der Waals surface area contributed by atoms with E-state index in [1.54, 1.807) is 0 Å². The molecule has 2 N–H and O–H groups in total. The Labute approximate surface area is 74.5 Å². The summed E-state index contributed by atoms with van der Waals surface area (Å²) < 4.78 is 0. The van der Waals surface area contributed by atoms with Gasteiger partial charge in [-0.1, -0.05) is 13.8 Å². The normalized spacial score (nSPS) is 31.5. The summed E-state index contributed by atoms with van der Waals surface area (Å²) in [7, 11) is 0. The van der Waals surface area contributed by atoms with Crippen molar-refractivity contribution in [1.82, 2.24) is 5.06 Å². The summed E-state index contributed by atoms with van der Waals surface area (Å²) in [5.74, 6) is 0. The van der Waals surface area contributed by atoms with Crippen LogP contribution in [0.25, 0.3) is 0 Å². The largest absolute Gasteiger partial charge is 0.785 e. The second-order valence-corrected chi connectivity index (χ2v) is 4.02. The van der Waals surface area contributed by atoms with Crippen LogP contribution in [0.3, 0.4) is 0 Å². The summed E-state index contributed by atoms with van der Waals surface area (Å²) in [4.78, 5) is 0. The molecule has 0 aliphatic heterocycles. The molecule has 0 atom stereocenters. The molecular weight excluding hydrogens is 152 g/mol. The lowest BCUT2D eigenvalue weighted by molar-refractivity contribution is 0.174. The number of hydrogen-bond acceptors (Lipinski definition) is 3. The molecule has 0 unspecified atom stereocenters. The van der Waals surface area contributed by atoms with E-state index in [1.165, 1.54) is 5.06 Å². The Balaban J connectivity index is 2.34. The van der Waals surface area contributed by atoms with Crippen LogP contribution in [-0.4, -0.2) is 23.2 Å². The molecular formula is C9H19N2O-. The van der Waals surface area contributed by atoms with Crippen molar-refractivity contribution in [2.75, 3.05) is 0 Å². The molecule has 0 amide bonds. The molecule has 0 aromatic heterocycles. The Hall–Kier alpha value is -0.120. The highest BCUT2D eigenvalue weighted by Crippen LogP contribution is 2.22. The van der Waals surface area contributed by atoms with E-state index >= 15 is 0 Å². The first-order chi connectivity index (χ1) is 5.61. The Morgan fingerprint density at radius 2 is 1.75 bits per heavy atom. The lowest BCUT2D eigenvalue weighted by Crippen LogP contribution is -2.40. The molecule has 0 spiro atoms. The van der Waals surface area contributed by atoms with Gasteiger partial charge in [-0.25, -0.2) is 0 Å². The minimum atomic E-state index is 0.115. The van der Waals surface area contributed by atoms with Crippen LogP contribution < -0.4 is 5.73 Å². The molecule has 0 radical (unpaired) electrons. The maximum absolute atomic E-state index is 11.5. The van der Waals surface area contributed by atoms with Gasteiger partial charge in [0.1, 0.15) is 0 Å². The van der Waals surface area contributed by atoms with Crippen molar-refractivity contribution < 1.29 is 0 Å². The van der Waals surface area contributed by atoms with Gasteiger partial charge in [0.25, 0.3) is 0 Å². The van der Waals surface area contributed by atoms with Crippen molar-refractivity contribution in [2.24, 2.45) is 5.73 Å². The molecule has 72 valence electrons. The molecule has 1 saturated carbocycles. The third-order valence-electron chi connectivity index (χ3n) is 2.61. The van der Waals surface area contributed by atoms with Gasteiger partial charge in [0.15, 0.2) is 0 Å². The molecule has 1 fully saturated rings. The minimum Gasteiger partial charge on any atom is -0.785 e. The predicted molar refractivity (Wildman–Crippen MR) is 50.6 cm³/mol. The Kier molecular flexibility index (Phi) is 3.50. The van der Waals surface area contributed by atoms with Crippen molar-refractivity contribution in [1.29, 1.82) is 0 Å². The minimum absolute atomic E-state index is 0.115. The molecule has 1 aliphatic carbocycles. The van der Waals surface area contributed by atoms with Gasteiger partial charge in [0, 0.05) is 6.04 Å². The van der Waals surface area contributed by atoms with Gasteiger partial charge in [0.2, 0.25) is 0 Å². The third-order valence-corrected chi connectivity index (χ3v) is 2.61. The molecule has 1 aliphatic rings. The Morgan fingerprint density at radius 3 is 2.17 bits per heavy atom. The van der Waals surface area contributed by atoms with E-state index in [1.807, 2.05) is 13.8 Å². The molecule has 0 bridgehead atoms. The zero-order valence-electron chi connectivity index (χ0n) is 7.99. The lowest BCUT2D eigenvalue weighted by atomic mass is 9.91. The van der Waals surface area contributed by atoms with Crippen LogP contribution in [0.15, 0.2) is 0 Å². The number of nitrogens with zero attached hydrogens (tertiary/aromatic N) is 1. The predicted octanol–water partition coefficient (Wildman–Crippen LogP) is 1.46. The number of hydrogen-bond donors (Lipinski definition) is 1. The monoisotopic (exact) mass is 171 g/mol. The van der Waals surface area contributed by atoms with Crippen LogP contribution >= 0.6 is 0 Å². The SMILES string of the molecule is CC(C)N([O-])C1CCC(N)CC1. The van der Waals surface area contributed by atoms with Gasteiger partial charge in [-0.3, -0.25) is 0 Å². The van der Waals surface area contributed by atoms with Gasteiger partial charge >= 0.3 is 0 Å². The van der Waals surface area contributed by atoms with Crippen LogP contribution in [0.5, 0.6) is 0 Å². The highest BCUT2D eigenvalue weighted by molar-refractivity contribution is 4.82. The highest BCUT2D eigenvalue weighted by Gasteiger charge is 2.20. The molecule has 0 heterocycles. The number of hydroxylamine groups is 2. The van der Waals surface area contributed by atoms with Crippen LogP contribution in [0, 0.1) is 5.21 Å². The zero-order valence-corrected chi connectivity index (χ0v) is 7.99. The van der Waals surface area contributed by atoms with Gasteiger partial charge in [0.05, 0.1) is 0 Å². The van der Waals surface area contributed by atoms with E-state index in [9.17, 15) is 5.21 Å². The molecule has 3 nitrogen and oxygen atoms in total. The van der Waals surface area contributed by atoms with Gasteiger partial charge in [-0.05, 0) is 37.8 Å². The van der Waals surface area contributed by atoms with Crippen molar-refractivity contribution in [3.63, 3.8) is 0 Å². The summed E-state index contributed by atoms with van der Waals surface area (Å²) in [5.41, 5.74) is 5.75. The average Bonchev–Trinajstić information content (AvgIpc) is 2.04. The van der Waals surface area contributed by atoms with E-state index in [2.05, 4.69) is 0 Å². The first-order valence-electron chi connectivity index (χ1n) is 4.82. The fraction of sp³-hybridized carbons (Fsp3) is 1.00. The van der Waals surface area contributed by atoms with Crippen LogP contribution in [0.1, 0.15) is 39.5 Å². The quantitative estimate of drug-likeness (QED) is 0.640. The third kappa shape index (κ3) is 2.44. The summed E-state index contributed by atoms with van der Waals surface area (Å²) in [6.07, 6.45) is 3.97. The van der Waals surface area contributed by atoms with Gasteiger partial charge < -0.3 is 16.0 Å². The lowest BCUT2D eigenvalue weighted by Gasteiger charge is -2.43. The fourth-order valence-corrected chi connectivity index (χ4v) is 1.78. The van der Waals surface area contributed by atoms with E-state index in [0.717, 1.165) is 25.7 Å². The van der Waals surface area contributed by atoms with Crippen LogP contribution in [-0.2, 0) is 0 Å². The maximum Gasteiger partial charge on any atom is 0.00399 e. The fourth-order valence-electron chi connectivity index (χ4n) is 1.78. The second kappa shape index (κ2) is 4.21. The smallest absolute Gasteiger partial charge is 0.00399 e. The van der Waals surface area contributed by atoms with Crippen molar-refractivity contribution in [3.05, 3.63) is 5.21 Å². The van der Waals surface area contributed by atoms with E-state index in [4.69, 9.17) is 5.73 Å². The molecule has 12 heavy (non-hydrogen) atoms. The van der Waals surface area contributed by atoms with Crippen molar-refractivity contribution in [3.8, 4) is 0 Å². The first-order valence-corrected chi connectivity index (χ1v) is 4.82. The van der Waals surface area contributed by atoms with E-state index in [0.29, 0.717) is 6.04 Å². The summed E-state index contributed by atoms with van der Waals surface area (Å²) >= 11 is 0. The molecule has 0 aromatic carbocycles. The molecule has 1 rings (SSSR count). The van der Waals surface area contributed by atoms with E-state index < -0.39 is 0 Å². The molecule has 3 heteroatoms. The van der Waals surface area contributed by atoms with Gasteiger partial charge in [-0.15, -0.1) is 0 Å².